The Morgan fingerprint density at radius 2 is 2.12 bits per heavy atom. The molecule has 0 aromatic rings. The van der Waals surface area contributed by atoms with Crippen molar-refractivity contribution in [3.8, 4) is 0 Å². The van der Waals surface area contributed by atoms with Crippen LogP contribution >= 0.6 is 7.77 Å². The molecule has 0 aromatic heterocycles. The minimum Gasteiger partial charge on any atom is -0.628 e. The molecule has 98 valence electrons. The third-order valence-corrected chi connectivity index (χ3v) is 3.13. The van der Waals surface area contributed by atoms with Gasteiger partial charge in [0.05, 0.1) is 35.3 Å². The molecule has 17 heavy (non-hydrogen) atoms. The first kappa shape index (κ1) is 16.3. The maximum absolute atomic E-state index is 11.6. The molecule has 0 spiro atoms. The molecule has 0 aliphatic rings. The summed E-state index contributed by atoms with van der Waals surface area (Å²) in [7, 11) is 3.79. The molecule has 1 atom stereocenters. The van der Waals surface area contributed by atoms with Crippen LogP contribution in [0.2, 0.25) is 0 Å². The molecular formula is C11H21NO4P+. The highest BCUT2D eigenvalue weighted by Gasteiger charge is 2.18. The lowest BCUT2D eigenvalue weighted by Gasteiger charge is -2.22. The molecule has 0 radical (unpaired) electrons. The number of ether oxygens (including phenoxy) is 1. The largest absolute Gasteiger partial charge is 0.628 e. The molecule has 0 bridgehead atoms. The number of rotatable bonds is 7. The number of carbonyl (C=O) groups is 1. The number of carbonyl (C=O) groups excluding carboxylic acids is 1. The third-order valence-electron chi connectivity index (χ3n) is 1.78. The predicted molar refractivity (Wildman–Crippen MR) is 67.4 cm³/mol. The van der Waals surface area contributed by atoms with E-state index in [2.05, 4.69) is 6.58 Å². The number of hydrogen-bond acceptors (Lipinski definition) is 3. The van der Waals surface area contributed by atoms with Crippen molar-refractivity contribution >= 4 is 19.2 Å². The molecule has 0 amide bonds. The molecule has 6 heteroatoms. The third kappa shape index (κ3) is 9.01. The van der Waals surface area contributed by atoms with Crippen LogP contribution in [0.15, 0.2) is 12.7 Å². The van der Waals surface area contributed by atoms with Crippen LogP contribution in [0, 0.1) is 0 Å². The molecule has 1 N–H and O–H groups in total. The normalized spacial score (nSPS) is 13.0. The molecule has 0 aromatic carbocycles. The summed E-state index contributed by atoms with van der Waals surface area (Å²) in [6.45, 7) is 3.89. The van der Waals surface area contributed by atoms with Gasteiger partial charge in [-0.05, 0) is 0 Å². The molecule has 0 saturated heterocycles. The fraction of sp³-hybridized carbons (Fsp3) is 0.636. The second-order valence-corrected chi connectivity index (χ2v) is 6.41. The zero-order chi connectivity index (χ0) is 13.5. The van der Waals surface area contributed by atoms with Crippen LogP contribution < -0.4 is 4.89 Å². The van der Waals surface area contributed by atoms with Crippen LogP contribution in [0.1, 0.15) is 6.42 Å². The van der Waals surface area contributed by atoms with Gasteiger partial charge >= 0.3 is 5.97 Å². The second kappa shape index (κ2) is 7.56. The number of hydrogen-bond donors (Lipinski definition) is 1. The number of aliphatic hydroxyl groups excluding tert-OH is 1. The van der Waals surface area contributed by atoms with E-state index in [9.17, 15) is 14.8 Å². The second-order valence-electron chi connectivity index (χ2n) is 4.69. The lowest BCUT2D eigenvalue weighted by molar-refractivity contribution is -0.861. The molecule has 0 rings (SSSR count). The van der Waals surface area contributed by atoms with Crippen molar-refractivity contribution in [3.63, 3.8) is 0 Å². The Bertz CT molecular complexity index is 307. The first-order valence-corrected chi connectivity index (χ1v) is 6.77. The minimum absolute atomic E-state index is 0.0459. The van der Waals surface area contributed by atoms with Crippen LogP contribution in [-0.2, 0) is 9.53 Å². The Kier molecular flexibility index (Phi) is 7.23. The molecule has 5 nitrogen and oxygen atoms in total. The molecule has 1 unspecified atom stereocenters. The average molecular weight is 262 g/mol. The lowest BCUT2D eigenvalue weighted by Crippen LogP contribution is -2.39. The highest BCUT2D eigenvalue weighted by Crippen LogP contribution is 2.15. The van der Waals surface area contributed by atoms with E-state index in [4.69, 9.17) is 4.74 Å². The number of aliphatic hydroxyl groups is 1. The zero-order valence-corrected chi connectivity index (χ0v) is 11.6. The molecule has 0 aliphatic carbocycles. The summed E-state index contributed by atoms with van der Waals surface area (Å²) in [4.78, 5) is 22.7. The molecule has 0 fully saturated rings. The first-order chi connectivity index (χ1) is 7.76. The van der Waals surface area contributed by atoms with Crippen LogP contribution in [0.3, 0.4) is 0 Å². The molecule has 0 aliphatic heterocycles. The van der Waals surface area contributed by atoms with Gasteiger partial charge in [-0.3, -0.25) is 4.79 Å². The van der Waals surface area contributed by atoms with Crippen molar-refractivity contribution in [2.45, 2.75) is 6.42 Å². The van der Waals surface area contributed by atoms with Gasteiger partial charge in [0, 0.05) is 0 Å². The summed E-state index contributed by atoms with van der Waals surface area (Å²) in [6.07, 6.45) is 1.64. The van der Waals surface area contributed by atoms with Crippen LogP contribution in [0.25, 0.3) is 0 Å². The van der Waals surface area contributed by atoms with Crippen LogP contribution in [-0.4, -0.2) is 61.5 Å². The SMILES string of the molecule is C=CCOC(=O)CC/[P+]([O-])=C(\O)C[N+](C)(C)C. The quantitative estimate of drug-likeness (QED) is 0.305. The fourth-order valence-corrected chi connectivity index (χ4v) is 2.27. The van der Waals surface area contributed by atoms with Gasteiger partial charge in [0.25, 0.3) is 5.48 Å². The van der Waals surface area contributed by atoms with E-state index in [-0.39, 0.29) is 24.7 Å². The number of esters is 1. The summed E-state index contributed by atoms with van der Waals surface area (Å²) < 4.78 is 5.24. The van der Waals surface area contributed by atoms with Gasteiger partial charge in [-0.2, -0.15) is 0 Å². The van der Waals surface area contributed by atoms with E-state index in [0.717, 1.165) is 0 Å². The van der Waals surface area contributed by atoms with E-state index in [1.807, 2.05) is 21.1 Å². The van der Waals surface area contributed by atoms with Crippen molar-refractivity contribution < 1.29 is 24.0 Å². The van der Waals surface area contributed by atoms with Crippen LogP contribution in [0.5, 0.6) is 0 Å². The van der Waals surface area contributed by atoms with Gasteiger partial charge in [0.1, 0.15) is 12.8 Å². The highest BCUT2D eigenvalue weighted by atomic mass is 31.1. The standard InChI is InChI=1S/C11H20NO4P/c1-5-7-16-10(13)6-8-17(15)11(14)9-12(2,3)4/h5H,1,6-9H2,2-4H3/p+1. The smallest absolute Gasteiger partial charge is 0.310 e. The Labute approximate surface area is 103 Å². The zero-order valence-electron chi connectivity index (χ0n) is 10.7. The topological polar surface area (TPSA) is 69.6 Å². The molecular weight excluding hydrogens is 241 g/mol. The van der Waals surface area contributed by atoms with Gasteiger partial charge in [-0.25, -0.2) is 0 Å². The van der Waals surface area contributed by atoms with Gasteiger partial charge in [0.15, 0.2) is 6.54 Å². The Hall–Kier alpha value is -0.740. The van der Waals surface area contributed by atoms with E-state index in [1.54, 1.807) is 0 Å². The van der Waals surface area contributed by atoms with Gasteiger partial charge < -0.3 is 19.2 Å². The van der Waals surface area contributed by atoms with Crippen molar-refractivity contribution in [2.24, 2.45) is 0 Å². The Balaban J connectivity index is 4.15. The molecule has 0 heterocycles. The van der Waals surface area contributed by atoms with Crippen molar-refractivity contribution in [2.75, 3.05) is 40.5 Å². The fourth-order valence-electron chi connectivity index (χ4n) is 1.05. The van der Waals surface area contributed by atoms with Gasteiger partial charge in [-0.1, -0.05) is 12.7 Å². The van der Waals surface area contributed by atoms with E-state index < -0.39 is 13.7 Å². The van der Waals surface area contributed by atoms with Crippen molar-refractivity contribution in [3.05, 3.63) is 12.7 Å². The van der Waals surface area contributed by atoms with Crippen LogP contribution in [0.4, 0.5) is 0 Å². The maximum Gasteiger partial charge on any atom is 0.310 e. The van der Waals surface area contributed by atoms with E-state index >= 15 is 0 Å². The highest BCUT2D eigenvalue weighted by molar-refractivity contribution is 7.51. The number of likely N-dealkylation sites (N-methyl/N-ethyl adjacent to an activating group) is 1. The predicted octanol–water partition coefficient (Wildman–Crippen LogP) is 0.0715. The first-order valence-electron chi connectivity index (χ1n) is 5.32. The maximum atomic E-state index is 11.6. The monoisotopic (exact) mass is 262 g/mol. The molecule has 0 saturated carbocycles. The Morgan fingerprint density at radius 3 is 2.59 bits per heavy atom. The summed E-state index contributed by atoms with van der Waals surface area (Å²) in [5.41, 5.74) is -0.0518. The summed E-state index contributed by atoms with van der Waals surface area (Å²) in [6, 6.07) is 0. The average Bonchev–Trinajstić information content (AvgIpc) is 2.20. The summed E-state index contributed by atoms with van der Waals surface area (Å²) in [5, 5.41) is 9.59. The lowest BCUT2D eigenvalue weighted by atomic mass is 10.5. The van der Waals surface area contributed by atoms with Crippen molar-refractivity contribution in [1.82, 2.24) is 0 Å². The van der Waals surface area contributed by atoms with Crippen molar-refractivity contribution in [1.29, 1.82) is 0 Å². The minimum atomic E-state index is -1.87. The number of quaternary nitrogens is 1. The van der Waals surface area contributed by atoms with Gasteiger partial charge in [-0.15, -0.1) is 0 Å². The van der Waals surface area contributed by atoms with E-state index in [0.29, 0.717) is 11.0 Å². The summed E-state index contributed by atoms with van der Waals surface area (Å²) in [5.74, 6) is -0.425. The summed E-state index contributed by atoms with van der Waals surface area (Å²) >= 11 is 0. The number of nitrogens with zero attached hydrogens (tertiary/aromatic N) is 1. The van der Waals surface area contributed by atoms with Gasteiger partial charge in [0.2, 0.25) is 0 Å². The van der Waals surface area contributed by atoms with E-state index in [1.165, 1.54) is 6.08 Å². The Morgan fingerprint density at radius 1 is 1.53 bits per heavy atom.